The summed E-state index contributed by atoms with van der Waals surface area (Å²) in [4.78, 5) is 39.6. The summed E-state index contributed by atoms with van der Waals surface area (Å²) < 4.78 is 7.66. The minimum Gasteiger partial charge on any atom is -0.365 e. The van der Waals surface area contributed by atoms with Crippen LogP contribution in [0.2, 0.25) is 0 Å². The topological polar surface area (TPSA) is 92.7 Å². The Morgan fingerprint density at radius 1 is 1.06 bits per heavy atom. The summed E-state index contributed by atoms with van der Waals surface area (Å²) in [5.74, 6) is -0.537. The second-order valence-electron chi connectivity index (χ2n) is 8.99. The van der Waals surface area contributed by atoms with Crippen molar-refractivity contribution in [1.29, 1.82) is 0 Å². The lowest BCUT2D eigenvalue weighted by Crippen LogP contribution is -2.53. The third kappa shape index (κ3) is 4.17. The second-order valence-corrected chi connectivity index (χ2v) is 8.99. The van der Waals surface area contributed by atoms with Gasteiger partial charge in [0.05, 0.1) is 25.2 Å². The number of aromatic nitrogens is 1. The van der Waals surface area contributed by atoms with Crippen molar-refractivity contribution in [2.24, 2.45) is 7.05 Å². The van der Waals surface area contributed by atoms with E-state index in [1.807, 2.05) is 66.3 Å². The van der Waals surface area contributed by atoms with Gasteiger partial charge < -0.3 is 24.8 Å². The van der Waals surface area contributed by atoms with Crippen LogP contribution < -0.4 is 10.6 Å². The number of carbonyl (C=O) groups excluding carboxylic acids is 3. The lowest BCUT2D eigenvalue weighted by atomic mass is 10.1. The third-order valence-corrected chi connectivity index (χ3v) is 6.80. The first-order valence-corrected chi connectivity index (χ1v) is 11.5. The van der Waals surface area contributed by atoms with Gasteiger partial charge >= 0.3 is 0 Å². The molecule has 0 saturated carbocycles. The monoisotopic (exact) mass is 460 g/mol. The number of morpholine rings is 1. The van der Waals surface area contributed by atoms with Gasteiger partial charge in [0.25, 0.3) is 11.8 Å². The average Bonchev–Trinajstić information content (AvgIpc) is 3.38. The van der Waals surface area contributed by atoms with Crippen molar-refractivity contribution in [2.75, 3.05) is 19.7 Å². The maximum atomic E-state index is 13.2. The number of hydrogen-bond donors (Lipinski definition) is 2. The van der Waals surface area contributed by atoms with Crippen LogP contribution in [0.1, 0.15) is 34.5 Å². The molecule has 0 radical (unpaired) electrons. The van der Waals surface area contributed by atoms with Gasteiger partial charge in [0.15, 0.2) is 6.10 Å². The first-order valence-electron chi connectivity index (χ1n) is 11.5. The van der Waals surface area contributed by atoms with E-state index in [0.717, 1.165) is 22.0 Å². The van der Waals surface area contributed by atoms with Crippen LogP contribution in [-0.2, 0) is 27.8 Å². The van der Waals surface area contributed by atoms with Gasteiger partial charge in [0.2, 0.25) is 5.91 Å². The van der Waals surface area contributed by atoms with E-state index in [1.165, 1.54) is 6.92 Å². The van der Waals surface area contributed by atoms with Crippen LogP contribution in [0.25, 0.3) is 10.9 Å². The van der Waals surface area contributed by atoms with Crippen molar-refractivity contribution < 1.29 is 19.1 Å². The molecule has 2 heterocycles. The van der Waals surface area contributed by atoms with Gasteiger partial charge in [-0.1, -0.05) is 24.3 Å². The Morgan fingerprint density at radius 2 is 1.88 bits per heavy atom. The zero-order valence-corrected chi connectivity index (χ0v) is 19.3. The SMILES string of the molecule is CC(=O)N1CCO[C@H](C(=O)N[C@H]2c3ccccc3C[C@@H]2NC(=O)c2ccc3c(ccn3C)c2)C1. The van der Waals surface area contributed by atoms with Crippen LogP contribution in [0.15, 0.2) is 54.7 Å². The standard InChI is InChI=1S/C26H28N4O4/c1-16(31)30-11-12-34-23(15-30)26(33)28-24-20-6-4-3-5-17(20)14-21(24)27-25(32)19-7-8-22-18(13-19)9-10-29(22)2/h3-10,13,21,23-24H,11-12,14-15H2,1-2H3,(H,27,32)(H,28,33)/t21-,23-,24-/m0/s1. The Bertz CT molecular complexity index is 1270. The smallest absolute Gasteiger partial charge is 0.251 e. The summed E-state index contributed by atoms with van der Waals surface area (Å²) in [5.41, 5.74) is 3.71. The fourth-order valence-electron chi connectivity index (χ4n) is 4.92. The van der Waals surface area contributed by atoms with E-state index in [1.54, 1.807) is 4.90 Å². The second kappa shape index (κ2) is 8.95. The van der Waals surface area contributed by atoms with Gasteiger partial charge in [-0.05, 0) is 41.8 Å². The predicted octanol–water partition coefficient (Wildman–Crippen LogP) is 1.94. The molecule has 3 amide bonds. The molecule has 3 atom stereocenters. The molecule has 0 unspecified atom stereocenters. The summed E-state index contributed by atoms with van der Waals surface area (Å²) in [6.45, 7) is 2.52. The molecule has 1 aromatic heterocycles. The zero-order valence-electron chi connectivity index (χ0n) is 19.3. The molecule has 1 fully saturated rings. The first kappa shape index (κ1) is 22.2. The van der Waals surface area contributed by atoms with E-state index in [4.69, 9.17) is 4.74 Å². The first-order chi connectivity index (χ1) is 16.4. The van der Waals surface area contributed by atoms with Crippen molar-refractivity contribution >= 4 is 28.6 Å². The largest absolute Gasteiger partial charge is 0.365 e. The van der Waals surface area contributed by atoms with Crippen molar-refractivity contribution in [2.45, 2.75) is 31.5 Å². The predicted molar refractivity (Wildman–Crippen MR) is 127 cm³/mol. The molecular weight excluding hydrogens is 432 g/mol. The highest BCUT2D eigenvalue weighted by Gasteiger charge is 2.37. The van der Waals surface area contributed by atoms with Crippen LogP contribution in [0, 0.1) is 0 Å². The van der Waals surface area contributed by atoms with Crippen LogP contribution >= 0.6 is 0 Å². The summed E-state index contributed by atoms with van der Waals surface area (Å²) >= 11 is 0. The van der Waals surface area contributed by atoms with Crippen molar-refractivity contribution in [1.82, 2.24) is 20.1 Å². The lowest BCUT2D eigenvalue weighted by Gasteiger charge is -2.33. The minimum atomic E-state index is -0.734. The summed E-state index contributed by atoms with van der Waals surface area (Å²) in [6.07, 6.45) is 1.85. The van der Waals surface area contributed by atoms with E-state index in [-0.39, 0.29) is 36.3 Å². The Hall–Kier alpha value is -3.65. The summed E-state index contributed by atoms with van der Waals surface area (Å²) in [7, 11) is 1.97. The fraction of sp³-hybridized carbons (Fsp3) is 0.346. The van der Waals surface area contributed by atoms with Gasteiger partial charge in [-0.2, -0.15) is 0 Å². The van der Waals surface area contributed by atoms with E-state index in [0.29, 0.717) is 25.1 Å². The van der Waals surface area contributed by atoms with Crippen molar-refractivity contribution in [3.8, 4) is 0 Å². The normalized spacial score (nSPS) is 21.8. The molecule has 0 spiro atoms. The van der Waals surface area contributed by atoms with E-state index >= 15 is 0 Å². The van der Waals surface area contributed by atoms with E-state index in [2.05, 4.69) is 10.6 Å². The fourth-order valence-corrected chi connectivity index (χ4v) is 4.92. The molecule has 2 aliphatic rings. The molecule has 8 nitrogen and oxygen atoms in total. The number of benzene rings is 2. The highest BCUT2D eigenvalue weighted by atomic mass is 16.5. The molecule has 5 rings (SSSR count). The number of rotatable bonds is 4. The number of amides is 3. The molecule has 176 valence electrons. The zero-order chi connectivity index (χ0) is 23.8. The highest BCUT2D eigenvalue weighted by molar-refractivity contribution is 5.98. The molecular formula is C26H28N4O4. The number of carbonyl (C=O) groups is 3. The highest BCUT2D eigenvalue weighted by Crippen LogP contribution is 2.32. The molecule has 1 aliphatic carbocycles. The van der Waals surface area contributed by atoms with Crippen LogP contribution in [0.3, 0.4) is 0 Å². The minimum absolute atomic E-state index is 0.0761. The number of fused-ring (bicyclic) bond motifs is 2. The third-order valence-electron chi connectivity index (χ3n) is 6.80. The number of aryl methyl sites for hydroxylation is 1. The van der Waals surface area contributed by atoms with Crippen molar-refractivity contribution in [3.63, 3.8) is 0 Å². The molecule has 34 heavy (non-hydrogen) atoms. The van der Waals surface area contributed by atoms with Gasteiger partial charge in [0, 0.05) is 43.2 Å². The van der Waals surface area contributed by atoms with Gasteiger partial charge in [-0.3, -0.25) is 14.4 Å². The summed E-state index contributed by atoms with van der Waals surface area (Å²) in [6, 6.07) is 14.8. The molecule has 3 aromatic rings. The summed E-state index contributed by atoms with van der Waals surface area (Å²) in [5, 5.41) is 7.22. The van der Waals surface area contributed by atoms with Crippen LogP contribution in [0.5, 0.6) is 0 Å². The Morgan fingerprint density at radius 3 is 2.71 bits per heavy atom. The van der Waals surface area contributed by atoms with Crippen molar-refractivity contribution in [3.05, 3.63) is 71.4 Å². The Balaban J connectivity index is 1.34. The van der Waals surface area contributed by atoms with Gasteiger partial charge in [-0.25, -0.2) is 0 Å². The number of nitrogens with one attached hydrogen (secondary N) is 2. The lowest BCUT2D eigenvalue weighted by molar-refractivity contribution is -0.146. The van der Waals surface area contributed by atoms with Gasteiger partial charge in [0.1, 0.15) is 0 Å². The molecule has 1 saturated heterocycles. The molecule has 8 heteroatoms. The Labute approximate surface area is 197 Å². The van der Waals surface area contributed by atoms with Crippen LogP contribution in [-0.4, -0.2) is 59.0 Å². The van der Waals surface area contributed by atoms with E-state index in [9.17, 15) is 14.4 Å². The van der Waals surface area contributed by atoms with Crippen LogP contribution in [0.4, 0.5) is 0 Å². The number of ether oxygens (including phenoxy) is 1. The number of nitrogens with zero attached hydrogens (tertiary/aromatic N) is 2. The maximum Gasteiger partial charge on any atom is 0.251 e. The number of hydrogen-bond acceptors (Lipinski definition) is 4. The Kier molecular flexibility index (Phi) is 5.83. The molecule has 2 N–H and O–H groups in total. The molecule has 1 aliphatic heterocycles. The molecule has 0 bridgehead atoms. The average molecular weight is 461 g/mol. The molecule has 2 aromatic carbocycles. The van der Waals surface area contributed by atoms with Gasteiger partial charge in [-0.15, -0.1) is 0 Å². The van der Waals surface area contributed by atoms with E-state index < -0.39 is 6.10 Å². The maximum absolute atomic E-state index is 13.2. The quantitative estimate of drug-likeness (QED) is 0.622.